The summed E-state index contributed by atoms with van der Waals surface area (Å²) in [4.78, 5) is 15.5. The Balaban J connectivity index is 1.82. The topological polar surface area (TPSA) is 20.3 Å². The molecule has 0 saturated carbocycles. The second kappa shape index (κ2) is 6.24. The summed E-state index contributed by atoms with van der Waals surface area (Å²) < 4.78 is 0.826. The van der Waals surface area contributed by atoms with Crippen LogP contribution in [0.2, 0.25) is 0 Å². The minimum absolute atomic E-state index is 0.0746. The Morgan fingerprint density at radius 2 is 1.67 bits per heavy atom. The second-order valence-corrected chi connectivity index (χ2v) is 6.60. The molecule has 0 spiro atoms. The van der Waals surface area contributed by atoms with Crippen molar-refractivity contribution in [2.75, 3.05) is 13.1 Å². The molecule has 0 saturated heterocycles. The molecule has 1 heterocycles. The van der Waals surface area contributed by atoms with E-state index >= 15 is 0 Å². The number of fused-ring (bicyclic) bond motifs is 1. The van der Waals surface area contributed by atoms with E-state index in [4.69, 9.17) is 0 Å². The molecule has 1 aliphatic heterocycles. The lowest BCUT2D eigenvalue weighted by Crippen LogP contribution is -2.33. The molecule has 21 heavy (non-hydrogen) atoms. The molecule has 0 radical (unpaired) electrons. The van der Waals surface area contributed by atoms with Crippen LogP contribution in [0.25, 0.3) is 0 Å². The summed E-state index contributed by atoms with van der Waals surface area (Å²) in [6, 6.07) is 14.0. The Bertz CT molecular complexity index is 659. The molecular formula is C17H16BrNOS. The maximum absolute atomic E-state index is 12.7. The molecule has 0 bridgehead atoms. The Morgan fingerprint density at radius 1 is 1.05 bits per heavy atom. The Morgan fingerprint density at radius 3 is 2.29 bits per heavy atom. The molecule has 2 aromatic carbocycles. The van der Waals surface area contributed by atoms with Gasteiger partial charge in [-0.1, -0.05) is 24.3 Å². The van der Waals surface area contributed by atoms with Crippen molar-refractivity contribution in [3.63, 3.8) is 0 Å². The van der Waals surface area contributed by atoms with Gasteiger partial charge in [0.2, 0.25) is 0 Å². The Hall–Kier alpha value is -1.26. The number of thiol groups is 1. The average molecular weight is 362 g/mol. The molecule has 2 aromatic rings. The highest BCUT2D eigenvalue weighted by atomic mass is 79.9. The van der Waals surface area contributed by atoms with Gasteiger partial charge in [0.25, 0.3) is 5.91 Å². The maximum Gasteiger partial charge on any atom is 0.255 e. The number of benzene rings is 2. The van der Waals surface area contributed by atoms with E-state index in [1.54, 1.807) is 0 Å². The lowest BCUT2D eigenvalue weighted by Gasteiger charge is -2.21. The first-order chi connectivity index (χ1) is 10.1. The summed E-state index contributed by atoms with van der Waals surface area (Å²) in [6.45, 7) is 1.53. The van der Waals surface area contributed by atoms with Crippen molar-refractivity contribution in [3.05, 3.63) is 63.6 Å². The summed E-state index contributed by atoms with van der Waals surface area (Å²) in [5.74, 6) is 0.0746. The predicted octanol–water partition coefficient (Wildman–Crippen LogP) is 3.98. The molecule has 0 N–H and O–H groups in total. The quantitative estimate of drug-likeness (QED) is 0.761. The van der Waals surface area contributed by atoms with Crippen LogP contribution in [-0.2, 0) is 12.8 Å². The van der Waals surface area contributed by atoms with E-state index in [-0.39, 0.29) is 5.91 Å². The van der Waals surface area contributed by atoms with Gasteiger partial charge in [-0.05, 0) is 58.1 Å². The van der Waals surface area contributed by atoms with E-state index in [1.807, 2.05) is 23.1 Å². The van der Waals surface area contributed by atoms with Gasteiger partial charge in [0, 0.05) is 22.5 Å². The van der Waals surface area contributed by atoms with Crippen LogP contribution in [-0.4, -0.2) is 23.9 Å². The Kier molecular flexibility index (Phi) is 4.36. The fourth-order valence-electron chi connectivity index (χ4n) is 2.72. The maximum atomic E-state index is 12.7. The molecule has 2 nitrogen and oxygen atoms in total. The lowest BCUT2D eigenvalue weighted by molar-refractivity contribution is 0.0762. The van der Waals surface area contributed by atoms with Crippen LogP contribution in [0.5, 0.6) is 0 Å². The van der Waals surface area contributed by atoms with E-state index in [2.05, 4.69) is 52.8 Å². The fraction of sp³-hybridized carbons (Fsp3) is 0.235. The molecule has 0 fully saturated rings. The number of hydrogen-bond acceptors (Lipinski definition) is 2. The van der Waals surface area contributed by atoms with Crippen LogP contribution in [0, 0.1) is 0 Å². The minimum atomic E-state index is 0.0746. The minimum Gasteiger partial charge on any atom is -0.338 e. The predicted molar refractivity (Wildman–Crippen MR) is 91.1 cm³/mol. The standard InChI is InChI=1S/C17H16BrNOS/c18-16-6-5-14(21)11-15(16)17(20)19-9-7-12-3-1-2-4-13(12)8-10-19/h1-6,11,21H,7-10H2. The molecule has 3 rings (SSSR count). The third kappa shape index (κ3) is 3.16. The van der Waals surface area contributed by atoms with Crippen LogP contribution in [0.4, 0.5) is 0 Å². The third-order valence-corrected chi connectivity index (χ3v) is 4.86. The van der Waals surface area contributed by atoms with Crippen LogP contribution in [0.15, 0.2) is 51.8 Å². The van der Waals surface area contributed by atoms with Gasteiger partial charge in [0.1, 0.15) is 0 Å². The molecule has 1 amide bonds. The van der Waals surface area contributed by atoms with Crippen molar-refractivity contribution >= 4 is 34.5 Å². The van der Waals surface area contributed by atoms with Gasteiger partial charge in [0.05, 0.1) is 5.56 Å². The molecule has 4 heteroatoms. The van der Waals surface area contributed by atoms with E-state index in [0.29, 0.717) is 5.56 Å². The van der Waals surface area contributed by atoms with Crippen molar-refractivity contribution in [3.8, 4) is 0 Å². The molecule has 0 aromatic heterocycles. The van der Waals surface area contributed by atoms with Crippen LogP contribution < -0.4 is 0 Å². The first kappa shape index (κ1) is 14.7. The summed E-state index contributed by atoms with van der Waals surface area (Å²) in [5.41, 5.74) is 3.40. The van der Waals surface area contributed by atoms with E-state index in [9.17, 15) is 4.79 Å². The average Bonchev–Trinajstić information content (AvgIpc) is 2.71. The number of carbonyl (C=O) groups excluding carboxylic acids is 1. The highest BCUT2D eigenvalue weighted by Gasteiger charge is 2.21. The lowest BCUT2D eigenvalue weighted by atomic mass is 10.0. The van der Waals surface area contributed by atoms with Gasteiger partial charge in [-0.3, -0.25) is 4.79 Å². The largest absolute Gasteiger partial charge is 0.338 e. The van der Waals surface area contributed by atoms with Gasteiger partial charge in [0.15, 0.2) is 0 Å². The highest BCUT2D eigenvalue weighted by Crippen LogP contribution is 2.23. The van der Waals surface area contributed by atoms with Crippen molar-refractivity contribution in [2.45, 2.75) is 17.7 Å². The number of carbonyl (C=O) groups is 1. The summed E-state index contributed by atoms with van der Waals surface area (Å²) in [5, 5.41) is 0. The highest BCUT2D eigenvalue weighted by molar-refractivity contribution is 9.10. The summed E-state index contributed by atoms with van der Waals surface area (Å²) in [6.07, 6.45) is 1.83. The van der Waals surface area contributed by atoms with Gasteiger partial charge in [-0.15, -0.1) is 12.6 Å². The van der Waals surface area contributed by atoms with Gasteiger partial charge in [-0.25, -0.2) is 0 Å². The van der Waals surface area contributed by atoms with Crippen LogP contribution in [0.1, 0.15) is 21.5 Å². The zero-order chi connectivity index (χ0) is 14.8. The first-order valence-electron chi connectivity index (χ1n) is 7.00. The first-order valence-corrected chi connectivity index (χ1v) is 8.24. The monoisotopic (exact) mass is 361 g/mol. The smallest absolute Gasteiger partial charge is 0.255 e. The number of halogens is 1. The van der Waals surface area contributed by atoms with Gasteiger partial charge >= 0.3 is 0 Å². The molecular weight excluding hydrogens is 346 g/mol. The summed E-state index contributed by atoms with van der Waals surface area (Å²) in [7, 11) is 0. The van der Waals surface area contributed by atoms with Crippen molar-refractivity contribution in [2.24, 2.45) is 0 Å². The molecule has 108 valence electrons. The van der Waals surface area contributed by atoms with E-state index in [0.717, 1.165) is 35.3 Å². The molecule has 1 aliphatic rings. The van der Waals surface area contributed by atoms with Crippen molar-refractivity contribution in [1.29, 1.82) is 0 Å². The number of amides is 1. The third-order valence-electron chi connectivity index (χ3n) is 3.89. The normalized spacial score (nSPS) is 14.5. The number of hydrogen-bond donors (Lipinski definition) is 1. The molecule has 0 aliphatic carbocycles. The zero-order valence-corrected chi connectivity index (χ0v) is 14.0. The van der Waals surface area contributed by atoms with E-state index in [1.165, 1.54) is 11.1 Å². The SMILES string of the molecule is O=C(c1cc(S)ccc1Br)N1CCc2ccccc2CC1. The van der Waals surface area contributed by atoms with E-state index < -0.39 is 0 Å². The van der Waals surface area contributed by atoms with Gasteiger partial charge in [-0.2, -0.15) is 0 Å². The zero-order valence-electron chi connectivity index (χ0n) is 11.6. The second-order valence-electron chi connectivity index (χ2n) is 5.23. The Labute approximate surface area is 138 Å². The summed E-state index contributed by atoms with van der Waals surface area (Å²) >= 11 is 7.79. The van der Waals surface area contributed by atoms with Gasteiger partial charge < -0.3 is 4.90 Å². The van der Waals surface area contributed by atoms with Crippen LogP contribution in [0.3, 0.4) is 0 Å². The van der Waals surface area contributed by atoms with Crippen molar-refractivity contribution < 1.29 is 4.79 Å². The molecule has 0 unspecified atom stereocenters. The number of rotatable bonds is 1. The molecule has 0 atom stereocenters. The van der Waals surface area contributed by atoms with Crippen LogP contribution >= 0.6 is 28.6 Å². The number of nitrogens with zero attached hydrogens (tertiary/aromatic N) is 1. The van der Waals surface area contributed by atoms with Crippen molar-refractivity contribution in [1.82, 2.24) is 4.90 Å². The fourth-order valence-corrected chi connectivity index (χ4v) is 3.34.